The zero-order valence-corrected chi connectivity index (χ0v) is 9.52. The van der Waals surface area contributed by atoms with Crippen LogP contribution in [0.15, 0.2) is 0 Å². The molecular weight excluding hydrogens is 228 g/mol. The monoisotopic (exact) mass is 244 g/mol. The number of carboxylic acid groups (broad SMARTS) is 1. The summed E-state index contributed by atoms with van der Waals surface area (Å²) in [6.07, 6.45) is -0.317. The van der Waals surface area contributed by atoms with Crippen molar-refractivity contribution in [1.82, 2.24) is 10.6 Å². The molecule has 0 spiro atoms. The van der Waals surface area contributed by atoms with Crippen molar-refractivity contribution in [3.8, 4) is 0 Å². The van der Waals surface area contributed by atoms with Gasteiger partial charge in [0.25, 0.3) is 0 Å². The lowest BCUT2D eigenvalue weighted by Crippen LogP contribution is -2.44. The highest BCUT2D eigenvalue weighted by molar-refractivity contribution is 5.89. The molecule has 96 valence electrons. The van der Waals surface area contributed by atoms with Crippen LogP contribution in [0.2, 0.25) is 0 Å². The van der Waals surface area contributed by atoms with Crippen LogP contribution in [-0.2, 0) is 14.4 Å². The minimum absolute atomic E-state index is 0.132. The minimum Gasteiger partial charge on any atom is -0.481 e. The van der Waals surface area contributed by atoms with Gasteiger partial charge >= 0.3 is 5.97 Å². The number of carbonyl (C=O) groups is 3. The highest BCUT2D eigenvalue weighted by atomic mass is 16.4. The molecule has 0 aromatic carbocycles. The molecule has 0 aliphatic carbocycles. The van der Waals surface area contributed by atoms with E-state index in [1.807, 2.05) is 0 Å². The number of amides is 2. The van der Waals surface area contributed by atoms with E-state index in [4.69, 9.17) is 5.11 Å². The zero-order chi connectivity index (χ0) is 13.1. The lowest BCUT2D eigenvalue weighted by atomic mass is 10.0. The van der Waals surface area contributed by atoms with Crippen LogP contribution in [0.1, 0.15) is 19.8 Å². The predicted molar refractivity (Wildman–Crippen MR) is 57.0 cm³/mol. The third-order valence-electron chi connectivity index (χ3n) is 2.52. The summed E-state index contributed by atoms with van der Waals surface area (Å²) in [5.41, 5.74) is -1.49. The SMILES string of the molecule is CC(O)(CNC(=O)C1CNC(=O)C1)CC(=O)O. The van der Waals surface area contributed by atoms with Crippen LogP contribution in [0.5, 0.6) is 0 Å². The Kier molecular flexibility index (Phi) is 4.06. The van der Waals surface area contributed by atoms with Crippen molar-refractivity contribution < 1.29 is 24.6 Å². The van der Waals surface area contributed by atoms with Crippen LogP contribution in [0, 0.1) is 5.92 Å². The third-order valence-corrected chi connectivity index (χ3v) is 2.52. The number of nitrogens with one attached hydrogen (secondary N) is 2. The van der Waals surface area contributed by atoms with Gasteiger partial charge in [-0.05, 0) is 6.92 Å². The summed E-state index contributed by atoms with van der Waals surface area (Å²) in [7, 11) is 0. The average Bonchev–Trinajstić information content (AvgIpc) is 2.59. The first-order chi connectivity index (χ1) is 7.80. The van der Waals surface area contributed by atoms with Gasteiger partial charge in [0.05, 0.1) is 17.9 Å². The lowest BCUT2D eigenvalue weighted by Gasteiger charge is -2.22. The Hall–Kier alpha value is -1.63. The minimum atomic E-state index is -1.49. The number of hydrogen-bond donors (Lipinski definition) is 4. The smallest absolute Gasteiger partial charge is 0.306 e. The Balaban J connectivity index is 2.37. The predicted octanol–water partition coefficient (Wildman–Crippen LogP) is -1.54. The Morgan fingerprint density at radius 1 is 1.59 bits per heavy atom. The second-order valence-electron chi connectivity index (χ2n) is 4.49. The molecule has 0 radical (unpaired) electrons. The van der Waals surface area contributed by atoms with E-state index in [2.05, 4.69) is 10.6 Å². The fourth-order valence-electron chi connectivity index (χ4n) is 1.60. The molecule has 1 rings (SSSR count). The first-order valence-electron chi connectivity index (χ1n) is 5.29. The molecule has 1 aliphatic heterocycles. The van der Waals surface area contributed by atoms with E-state index in [0.717, 1.165) is 0 Å². The van der Waals surface area contributed by atoms with Gasteiger partial charge in [0, 0.05) is 19.5 Å². The summed E-state index contributed by atoms with van der Waals surface area (Å²) >= 11 is 0. The van der Waals surface area contributed by atoms with Gasteiger partial charge in [0.1, 0.15) is 0 Å². The maximum atomic E-state index is 11.6. The maximum absolute atomic E-state index is 11.6. The maximum Gasteiger partial charge on any atom is 0.306 e. The second kappa shape index (κ2) is 5.13. The van der Waals surface area contributed by atoms with Gasteiger partial charge < -0.3 is 20.8 Å². The molecular formula is C10H16N2O5. The molecule has 4 N–H and O–H groups in total. The summed E-state index contributed by atoms with van der Waals surface area (Å²) in [6, 6.07) is 0. The van der Waals surface area contributed by atoms with Crippen LogP contribution < -0.4 is 10.6 Å². The van der Waals surface area contributed by atoms with E-state index in [1.54, 1.807) is 0 Å². The van der Waals surface area contributed by atoms with Crippen LogP contribution in [-0.4, -0.2) is 46.7 Å². The fourth-order valence-corrected chi connectivity index (χ4v) is 1.60. The van der Waals surface area contributed by atoms with Gasteiger partial charge in [-0.1, -0.05) is 0 Å². The van der Waals surface area contributed by atoms with Gasteiger partial charge in [-0.2, -0.15) is 0 Å². The third kappa shape index (κ3) is 4.39. The zero-order valence-electron chi connectivity index (χ0n) is 9.52. The summed E-state index contributed by atoms with van der Waals surface area (Å²) in [5, 5.41) is 23.2. The van der Waals surface area contributed by atoms with E-state index < -0.39 is 23.9 Å². The summed E-state index contributed by atoms with van der Waals surface area (Å²) < 4.78 is 0. The number of carbonyl (C=O) groups excluding carboxylic acids is 2. The molecule has 1 heterocycles. The van der Waals surface area contributed by atoms with E-state index >= 15 is 0 Å². The van der Waals surface area contributed by atoms with E-state index in [-0.39, 0.29) is 31.3 Å². The number of carboxylic acids is 1. The highest BCUT2D eigenvalue weighted by Gasteiger charge is 2.30. The lowest BCUT2D eigenvalue weighted by molar-refractivity contribution is -0.142. The Labute approximate surface area is 98.2 Å². The summed E-state index contributed by atoms with van der Waals surface area (Å²) in [5.74, 6) is -2.11. The normalized spacial score (nSPS) is 22.7. The van der Waals surface area contributed by atoms with Crippen LogP contribution in [0.3, 0.4) is 0 Å². The van der Waals surface area contributed by atoms with Gasteiger partial charge in [0.2, 0.25) is 11.8 Å². The molecule has 0 bridgehead atoms. The van der Waals surface area contributed by atoms with Gasteiger partial charge in [-0.15, -0.1) is 0 Å². The van der Waals surface area contributed by atoms with Crippen molar-refractivity contribution in [3.05, 3.63) is 0 Å². The van der Waals surface area contributed by atoms with Crippen LogP contribution >= 0.6 is 0 Å². The first kappa shape index (κ1) is 13.4. The molecule has 0 saturated carbocycles. The van der Waals surface area contributed by atoms with Crippen LogP contribution in [0.4, 0.5) is 0 Å². The summed E-state index contributed by atoms with van der Waals surface area (Å²) in [4.78, 5) is 32.9. The molecule has 2 amide bonds. The van der Waals surface area contributed by atoms with Gasteiger partial charge in [0.15, 0.2) is 0 Å². The van der Waals surface area contributed by atoms with Crippen molar-refractivity contribution in [2.75, 3.05) is 13.1 Å². The van der Waals surface area contributed by atoms with Crippen molar-refractivity contribution in [1.29, 1.82) is 0 Å². The average molecular weight is 244 g/mol. The number of aliphatic carboxylic acids is 1. The van der Waals surface area contributed by atoms with Crippen molar-refractivity contribution in [2.24, 2.45) is 5.92 Å². The van der Waals surface area contributed by atoms with Gasteiger partial charge in [-0.3, -0.25) is 14.4 Å². The Bertz CT molecular complexity index is 340. The fraction of sp³-hybridized carbons (Fsp3) is 0.700. The second-order valence-corrected chi connectivity index (χ2v) is 4.49. The Morgan fingerprint density at radius 3 is 2.71 bits per heavy atom. The van der Waals surface area contributed by atoms with Crippen LogP contribution in [0.25, 0.3) is 0 Å². The van der Waals surface area contributed by atoms with Crippen molar-refractivity contribution in [2.45, 2.75) is 25.4 Å². The van der Waals surface area contributed by atoms with Crippen molar-refractivity contribution >= 4 is 17.8 Å². The molecule has 7 nitrogen and oxygen atoms in total. The highest BCUT2D eigenvalue weighted by Crippen LogP contribution is 2.11. The van der Waals surface area contributed by atoms with Gasteiger partial charge in [-0.25, -0.2) is 0 Å². The van der Waals surface area contributed by atoms with E-state index in [1.165, 1.54) is 6.92 Å². The largest absolute Gasteiger partial charge is 0.481 e. The molecule has 2 atom stereocenters. The summed E-state index contributed by atoms with van der Waals surface area (Å²) in [6.45, 7) is 1.47. The van der Waals surface area contributed by atoms with Crippen molar-refractivity contribution in [3.63, 3.8) is 0 Å². The molecule has 17 heavy (non-hydrogen) atoms. The molecule has 1 fully saturated rings. The van der Waals surface area contributed by atoms with E-state index in [0.29, 0.717) is 0 Å². The molecule has 1 saturated heterocycles. The van der Waals surface area contributed by atoms with E-state index in [9.17, 15) is 19.5 Å². The number of rotatable bonds is 5. The molecule has 7 heteroatoms. The quantitative estimate of drug-likeness (QED) is 0.468. The molecule has 0 aromatic rings. The number of hydrogen-bond acceptors (Lipinski definition) is 4. The molecule has 0 aromatic heterocycles. The Morgan fingerprint density at radius 2 is 2.24 bits per heavy atom. The number of aliphatic hydroxyl groups is 1. The molecule has 1 aliphatic rings. The first-order valence-corrected chi connectivity index (χ1v) is 5.29. The topological polar surface area (TPSA) is 116 Å². The molecule has 2 unspecified atom stereocenters. The standard InChI is InChI=1S/C10H16N2O5/c1-10(17,3-8(14)15)5-12-9(16)6-2-7(13)11-4-6/h6,17H,2-5H2,1H3,(H,11,13)(H,12,16)(H,14,15).